The highest BCUT2D eigenvalue weighted by Gasteiger charge is 2.33. The van der Waals surface area contributed by atoms with Gasteiger partial charge in [-0.2, -0.15) is 5.10 Å². The Bertz CT molecular complexity index is 943. The Hall–Kier alpha value is -3.16. The van der Waals surface area contributed by atoms with Gasteiger partial charge < -0.3 is 10.6 Å². The number of fused-ring (bicyclic) bond motifs is 1. The number of aryl methyl sites for hydroxylation is 1. The molecule has 2 atom stereocenters. The summed E-state index contributed by atoms with van der Waals surface area (Å²) in [6, 6.07) is 6.74. The molecule has 8 heteroatoms. The van der Waals surface area contributed by atoms with Gasteiger partial charge >= 0.3 is 0 Å². The summed E-state index contributed by atoms with van der Waals surface area (Å²) in [5.41, 5.74) is 2.09. The van der Waals surface area contributed by atoms with Crippen molar-refractivity contribution in [2.45, 2.75) is 24.9 Å². The first-order valence-electron chi connectivity index (χ1n) is 8.14. The summed E-state index contributed by atoms with van der Waals surface area (Å²) in [6.07, 6.45) is 6.06. The fourth-order valence-corrected chi connectivity index (χ4v) is 3.30. The lowest BCUT2D eigenvalue weighted by atomic mass is 9.95. The summed E-state index contributed by atoms with van der Waals surface area (Å²) >= 11 is 0. The van der Waals surface area contributed by atoms with Crippen LogP contribution in [0.4, 0.5) is 0 Å². The van der Waals surface area contributed by atoms with Crippen LogP contribution in [0.15, 0.2) is 42.9 Å². The second kappa shape index (κ2) is 6.04. The molecule has 4 heterocycles. The van der Waals surface area contributed by atoms with Gasteiger partial charge in [0.2, 0.25) is 5.91 Å². The number of nitrogens with zero attached hydrogens (tertiary/aromatic N) is 4. The van der Waals surface area contributed by atoms with E-state index in [-0.39, 0.29) is 23.9 Å². The van der Waals surface area contributed by atoms with Crippen molar-refractivity contribution in [1.82, 2.24) is 29.8 Å². The third-order valence-corrected chi connectivity index (χ3v) is 4.56. The molecule has 3 aromatic rings. The zero-order chi connectivity index (χ0) is 17.4. The van der Waals surface area contributed by atoms with Gasteiger partial charge in [0.05, 0.1) is 17.8 Å². The van der Waals surface area contributed by atoms with Gasteiger partial charge in [0.15, 0.2) is 0 Å². The van der Waals surface area contributed by atoms with Crippen LogP contribution in [0.1, 0.15) is 35.1 Å². The van der Waals surface area contributed by atoms with E-state index >= 15 is 0 Å². The Labute approximate surface area is 143 Å². The number of hydrogen-bond donors (Lipinski definition) is 2. The van der Waals surface area contributed by atoms with Gasteiger partial charge in [0, 0.05) is 32.1 Å². The quantitative estimate of drug-likeness (QED) is 0.739. The summed E-state index contributed by atoms with van der Waals surface area (Å²) in [6.45, 7) is 0. The molecule has 0 unspecified atom stereocenters. The number of amides is 2. The second-order valence-corrected chi connectivity index (χ2v) is 6.11. The van der Waals surface area contributed by atoms with Crippen LogP contribution in [0.3, 0.4) is 0 Å². The molecule has 4 rings (SSSR count). The van der Waals surface area contributed by atoms with E-state index in [0.29, 0.717) is 24.2 Å². The number of piperidine rings is 1. The Balaban J connectivity index is 1.61. The van der Waals surface area contributed by atoms with Crippen LogP contribution in [0.25, 0.3) is 5.65 Å². The molecule has 0 saturated carbocycles. The molecule has 2 amide bonds. The topological polar surface area (TPSA) is 93.3 Å². The predicted molar refractivity (Wildman–Crippen MR) is 89.8 cm³/mol. The third kappa shape index (κ3) is 2.75. The van der Waals surface area contributed by atoms with Crippen molar-refractivity contribution < 1.29 is 9.59 Å². The SMILES string of the molecule is Cn1nccc1[C@@H]1NC(=O)CC[C@H]1NC(=O)c1cccc2nccn12. The van der Waals surface area contributed by atoms with Crippen molar-refractivity contribution >= 4 is 17.5 Å². The van der Waals surface area contributed by atoms with E-state index in [0.717, 1.165) is 5.69 Å². The number of imidazole rings is 1. The highest BCUT2D eigenvalue weighted by atomic mass is 16.2. The molecule has 1 fully saturated rings. The number of carbonyl (C=O) groups is 2. The molecule has 25 heavy (non-hydrogen) atoms. The van der Waals surface area contributed by atoms with Gasteiger partial charge in [-0.15, -0.1) is 0 Å². The van der Waals surface area contributed by atoms with Crippen molar-refractivity contribution in [3.63, 3.8) is 0 Å². The number of carbonyl (C=O) groups excluding carboxylic acids is 2. The van der Waals surface area contributed by atoms with E-state index in [4.69, 9.17) is 0 Å². The lowest BCUT2D eigenvalue weighted by molar-refractivity contribution is -0.123. The number of rotatable bonds is 3. The Morgan fingerprint density at radius 1 is 1.32 bits per heavy atom. The van der Waals surface area contributed by atoms with Crippen LogP contribution >= 0.6 is 0 Å². The molecule has 128 valence electrons. The Morgan fingerprint density at radius 3 is 3.00 bits per heavy atom. The lowest BCUT2D eigenvalue weighted by Gasteiger charge is -2.32. The first-order valence-corrected chi connectivity index (χ1v) is 8.14. The van der Waals surface area contributed by atoms with Crippen molar-refractivity contribution in [1.29, 1.82) is 0 Å². The average Bonchev–Trinajstić information content (AvgIpc) is 3.24. The van der Waals surface area contributed by atoms with E-state index < -0.39 is 0 Å². The van der Waals surface area contributed by atoms with Gasteiger partial charge in [0.1, 0.15) is 11.3 Å². The molecule has 8 nitrogen and oxygen atoms in total. The molecule has 0 spiro atoms. The lowest BCUT2D eigenvalue weighted by Crippen LogP contribution is -2.50. The molecule has 1 saturated heterocycles. The fourth-order valence-electron chi connectivity index (χ4n) is 3.30. The van der Waals surface area contributed by atoms with Gasteiger partial charge in [-0.05, 0) is 24.6 Å². The molecule has 1 aliphatic rings. The standard InChI is InChI=1S/C17H18N6O2/c1-22-12(7-8-19-22)16-11(5-6-15(24)21-16)20-17(25)13-3-2-4-14-18-9-10-23(13)14/h2-4,7-11,16H,5-6H2,1H3,(H,20,25)(H,21,24)/t11-,16-/m1/s1. The van der Waals surface area contributed by atoms with Crippen molar-refractivity contribution in [3.8, 4) is 0 Å². The minimum Gasteiger partial charge on any atom is -0.346 e. The van der Waals surface area contributed by atoms with Gasteiger partial charge in [-0.1, -0.05) is 6.07 Å². The predicted octanol–water partition coefficient (Wildman–Crippen LogP) is 0.817. The smallest absolute Gasteiger partial charge is 0.268 e. The monoisotopic (exact) mass is 338 g/mol. The van der Waals surface area contributed by atoms with E-state index in [9.17, 15) is 9.59 Å². The van der Waals surface area contributed by atoms with Crippen LogP contribution in [0.2, 0.25) is 0 Å². The zero-order valence-corrected chi connectivity index (χ0v) is 13.7. The number of aromatic nitrogens is 4. The summed E-state index contributed by atoms with van der Waals surface area (Å²) in [5.74, 6) is -0.217. The molecular formula is C17H18N6O2. The minimum atomic E-state index is -0.306. The summed E-state index contributed by atoms with van der Waals surface area (Å²) < 4.78 is 3.46. The molecule has 1 aliphatic heterocycles. The van der Waals surface area contributed by atoms with Gasteiger partial charge in [-0.3, -0.25) is 18.7 Å². The largest absolute Gasteiger partial charge is 0.346 e. The molecule has 0 bridgehead atoms. The Morgan fingerprint density at radius 2 is 2.20 bits per heavy atom. The summed E-state index contributed by atoms with van der Waals surface area (Å²) in [5, 5.41) is 10.2. The fraction of sp³-hybridized carbons (Fsp3) is 0.294. The van der Waals surface area contributed by atoms with Crippen LogP contribution in [0, 0.1) is 0 Å². The first kappa shape index (κ1) is 15.4. The van der Waals surface area contributed by atoms with E-state index in [1.54, 1.807) is 39.8 Å². The molecule has 0 aromatic carbocycles. The van der Waals surface area contributed by atoms with E-state index in [1.165, 1.54) is 0 Å². The van der Waals surface area contributed by atoms with E-state index in [1.807, 2.05) is 19.2 Å². The van der Waals surface area contributed by atoms with Gasteiger partial charge in [0.25, 0.3) is 5.91 Å². The molecule has 3 aromatic heterocycles. The normalized spacial score (nSPS) is 20.4. The highest BCUT2D eigenvalue weighted by Crippen LogP contribution is 2.24. The van der Waals surface area contributed by atoms with Crippen molar-refractivity contribution in [3.05, 3.63) is 54.2 Å². The molecule has 2 N–H and O–H groups in total. The van der Waals surface area contributed by atoms with Crippen molar-refractivity contribution in [2.24, 2.45) is 7.05 Å². The average molecular weight is 338 g/mol. The third-order valence-electron chi connectivity index (χ3n) is 4.56. The highest BCUT2D eigenvalue weighted by molar-refractivity contribution is 5.93. The maximum Gasteiger partial charge on any atom is 0.268 e. The zero-order valence-electron chi connectivity index (χ0n) is 13.7. The van der Waals surface area contributed by atoms with Crippen LogP contribution in [-0.4, -0.2) is 37.0 Å². The first-order chi connectivity index (χ1) is 12.1. The van der Waals surface area contributed by atoms with Crippen LogP contribution in [-0.2, 0) is 11.8 Å². The number of nitrogens with one attached hydrogen (secondary N) is 2. The maximum atomic E-state index is 12.8. The number of hydrogen-bond acceptors (Lipinski definition) is 4. The second-order valence-electron chi connectivity index (χ2n) is 6.11. The van der Waals surface area contributed by atoms with Crippen molar-refractivity contribution in [2.75, 3.05) is 0 Å². The minimum absolute atomic E-state index is 0.0200. The Kier molecular flexibility index (Phi) is 3.72. The van der Waals surface area contributed by atoms with Crippen LogP contribution < -0.4 is 10.6 Å². The molecule has 0 aliphatic carbocycles. The summed E-state index contributed by atoms with van der Waals surface area (Å²) in [7, 11) is 1.82. The van der Waals surface area contributed by atoms with E-state index in [2.05, 4.69) is 20.7 Å². The van der Waals surface area contributed by atoms with Crippen LogP contribution in [0.5, 0.6) is 0 Å². The number of pyridine rings is 1. The maximum absolute atomic E-state index is 12.8. The molecular weight excluding hydrogens is 320 g/mol. The van der Waals surface area contributed by atoms with Gasteiger partial charge in [-0.25, -0.2) is 4.98 Å². The summed E-state index contributed by atoms with van der Waals surface area (Å²) in [4.78, 5) is 28.9. The molecule has 0 radical (unpaired) electrons.